The van der Waals surface area contributed by atoms with Crippen molar-refractivity contribution in [3.05, 3.63) is 66.7 Å². The van der Waals surface area contributed by atoms with Crippen molar-refractivity contribution in [2.45, 2.75) is 26.2 Å². The number of hydrogen-bond donors (Lipinski definition) is 0. The predicted octanol–water partition coefficient (Wildman–Crippen LogP) is 3.51. The molecular formula is C20H23N5. The van der Waals surface area contributed by atoms with Gasteiger partial charge in [-0.2, -0.15) is 5.10 Å². The Balaban J connectivity index is 1.44. The van der Waals surface area contributed by atoms with Crippen molar-refractivity contribution in [1.82, 2.24) is 19.7 Å². The first kappa shape index (κ1) is 15.8. The molecule has 1 aliphatic heterocycles. The summed E-state index contributed by atoms with van der Waals surface area (Å²) in [7, 11) is 0. The van der Waals surface area contributed by atoms with E-state index in [0.29, 0.717) is 5.41 Å². The number of aryl methyl sites for hydroxylation is 1. The molecule has 5 nitrogen and oxygen atoms in total. The minimum absolute atomic E-state index is 0.319. The monoisotopic (exact) mass is 333 g/mol. The van der Waals surface area contributed by atoms with Crippen molar-refractivity contribution in [3.8, 4) is 5.82 Å². The number of hydrogen-bond acceptors (Lipinski definition) is 4. The summed E-state index contributed by atoms with van der Waals surface area (Å²) in [6, 6.07) is 12.6. The third-order valence-electron chi connectivity index (χ3n) is 5.09. The lowest BCUT2D eigenvalue weighted by atomic mass is 9.83. The topological polar surface area (TPSA) is 46.8 Å². The molecule has 1 saturated heterocycles. The van der Waals surface area contributed by atoms with Gasteiger partial charge in [-0.1, -0.05) is 37.3 Å². The first-order valence-electron chi connectivity index (χ1n) is 8.83. The molecule has 0 aliphatic carbocycles. The number of rotatable bonds is 5. The fourth-order valence-electron chi connectivity index (χ4n) is 3.53. The molecule has 2 aromatic heterocycles. The van der Waals surface area contributed by atoms with Gasteiger partial charge in [-0.05, 0) is 36.3 Å². The van der Waals surface area contributed by atoms with Crippen LogP contribution in [0.25, 0.3) is 5.82 Å². The maximum Gasteiger partial charge on any atom is 0.173 e. The van der Waals surface area contributed by atoms with Crippen LogP contribution in [0.5, 0.6) is 0 Å². The molecule has 3 heterocycles. The van der Waals surface area contributed by atoms with Crippen molar-refractivity contribution < 1.29 is 0 Å². The highest BCUT2D eigenvalue weighted by Crippen LogP contribution is 2.36. The summed E-state index contributed by atoms with van der Waals surface area (Å²) < 4.78 is 1.75. The maximum atomic E-state index is 4.74. The van der Waals surface area contributed by atoms with Crippen molar-refractivity contribution in [1.29, 1.82) is 0 Å². The molecule has 128 valence electrons. The molecule has 1 atom stereocenters. The molecule has 25 heavy (non-hydrogen) atoms. The molecular weight excluding hydrogens is 310 g/mol. The van der Waals surface area contributed by atoms with Crippen LogP contribution in [0.3, 0.4) is 0 Å². The first-order chi connectivity index (χ1) is 12.2. The summed E-state index contributed by atoms with van der Waals surface area (Å²) in [4.78, 5) is 11.5. The normalized spacial score (nSPS) is 20.1. The Labute approximate surface area is 148 Å². The van der Waals surface area contributed by atoms with Crippen LogP contribution >= 0.6 is 0 Å². The van der Waals surface area contributed by atoms with Gasteiger partial charge in [-0.25, -0.2) is 9.67 Å². The highest BCUT2D eigenvalue weighted by Gasteiger charge is 2.34. The number of aromatic nitrogens is 4. The highest BCUT2D eigenvalue weighted by molar-refractivity contribution is 5.41. The van der Waals surface area contributed by atoms with E-state index in [4.69, 9.17) is 4.98 Å². The van der Waals surface area contributed by atoms with Crippen LogP contribution < -0.4 is 4.90 Å². The lowest BCUT2D eigenvalue weighted by Gasteiger charge is -2.25. The summed E-state index contributed by atoms with van der Waals surface area (Å²) in [5.74, 6) is 1.71. The maximum absolute atomic E-state index is 4.74. The fraction of sp³-hybridized carbons (Fsp3) is 0.350. The van der Waals surface area contributed by atoms with Gasteiger partial charge in [-0.15, -0.1) is 0 Å². The average molecular weight is 333 g/mol. The van der Waals surface area contributed by atoms with Gasteiger partial charge in [0.25, 0.3) is 0 Å². The summed E-state index contributed by atoms with van der Waals surface area (Å²) in [5, 5.41) is 4.24. The largest absolute Gasteiger partial charge is 0.355 e. The van der Waals surface area contributed by atoms with E-state index in [1.54, 1.807) is 17.1 Å². The molecule has 0 amide bonds. The van der Waals surface area contributed by atoms with Gasteiger partial charge in [-0.3, -0.25) is 4.98 Å². The summed E-state index contributed by atoms with van der Waals surface area (Å²) in [6.07, 6.45) is 10.8. The van der Waals surface area contributed by atoms with Crippen LogP contribution in [-0.2, 0) is 6.42 Å². The van der Waals surface area contributed by atoms with Gasteiger partial charge in [0.1, 0.15) is 5.82 Å². The zero-order valence-corrected chi connectivity index (χ0v) is 14.5. The Bertz CT molecular complexity index is 815. The quantitative estimate of drug-likeness (QED) is 0.717. The molecule has 1 fully saturated rings. The van der Waals surface area contributed by atoms with Crippen molar-refractivity contribution in [2.75, 3.05) is 18.0 Å². The summed E-state index contributed by atoms with van der Waals surface area (Å²) in [6.45, 7) is 4.44. The third kappa shape index (κ3) is 3.55. The Hall–Kier alpha value is -2.69. The predicted molar refractivity (Wildman–Crippen MR) is 98.9 cm³/mol. The minimum Gasteiger partial charge on any atom is -0.355 e. The molecule has 4 rings (SSSR count). The molecule has 0 N–H and O–H groups in total. The minimum atomic E-state index is 0.319. The van der Waals surface area contributed by atoms with Crippen molar-refractivity contribution in [3.63, 3.8) is 0 Å². The highest BCUT2D eigenvalue weighted by atomic mass is 15.3. The summed E-state index contributed by atoms with van der Waals surface area (Å²) in [5.41, 5.74) is 1.74. The standard InChI is InChI=1S/C20H23N5/c1-20(9-8-17-6-3-2-4-7-17)10-13-24(16-20)18-14-21-15-19(23-18)25-12-5-11-22-25/h2-7,11-12,14-15H,8-10,13,16H2,1H3. The first-order valence-corrected chi connectivity index (χ1v) is 8.83. The van der Waals surface area contributed by atoms with Crippen LogP contribution in [0, 0.1) is 5.41 Å². The molecule has 1 unspecified atom stereocenters. The molecule has 0 radical (unpaired) electrons. The Morgan fingerprint density at radius 1 is 1.08 bits per heavy atom. The number of benzene rings is 1. The van der Waals surface area contributed by atoms with Crippen LogP contribution in [0.1, 0.15) is 25.3 Å². The van der Waals surface area contributed by atoms with Gasteiger partial charge >= 0.3 is 0 Å². The van der Waals surface area contributed by atoms with E-state index in [0.717, 1.165) is 31.1 Å². The average Bonchev–Trinajstić information content (AvgIpc) is 3.32. The van der Waals surface area contributed by atoms with E-state index in [1.807, 2.05) is 18.5 Å². The van der Waals surface area contributed by atoms with Crippen molar-refractivity contribution in [2.24, 2.45) is 5.41 Å². The molecule has 1 aliphatic rings. The molecule has 1 aromatic carbocycles. The SMILES string of the molecule is CC1(CCc2ccccc2)CCN(c2cncc(-n3cccn3)n2)C1. The second-order valence-corrected chi connectivity index (χ2v) is 7.15. The lowest BCUT2D eigenvalue weighted by Crippen LogP contribution is -2.26. The Morgan fingerprint density at radius 3 is 2.72 bits per heavy atom. The van der Waals surface area contributed by atoms with Crippen LogP contribution in [0.4, 0.5) is 5.82 Å². The van der Waals surface area contributed by atoms with Crippen LogP contribution in [-0.4, -0.2) is 32.8 Å². The third-order valence-corrected chi connectivity index (χ3v) is 5.09. The van der Waals surface area contributed by atoms with Crippen molar-refractivity contribution >= 4 is 5.82 Å². The molecule has 0 saturated carbocycles. The van der Waals surface area contributed by atoms with E-state index in [2.05, 4.69) is 52.2 Å². The zero-order chi connectivity index (χ0) is 17.1. The van der Waals surface area contributed by atoms with E-state index in [1.165, 1.54) is 18.4 Å². The second kappa shape index (κ2) is 6.67. The van der Waals surface area contributed by atoms with E-state index in [-0.39, 0.29) is 0 Å². The molecule has 0 bridgehead atoms. The lowest BCUT2D eigenvalue weighted by molar-refractivity contribution is 0.338. The number of nitrogens with zero attached hydrogens (tertiary/aromatic N) is 5. The van der Waals surface area contributed by atoms with Crippen LogP contribution in [0.15, 0.2) is 61.2 Å². The molecule has 3 aromatic rings. The second-order valence-electron chi connectivity index (χ2n) is 7.15. The fourth-order valence-corrected chi connectivity index (χ4v) is 3.53. The van der Waals surface area contributed by atoms with Gasteiger partial charge in [0.05, 0.1) is 12.4 Å². The molecule has 0 spiro atoms. The Morgan fingerprint density at radius 2 is 1.92 bits per heavy atom. The van der Waals surface area contributed by atoms with Crippen LogP contribution in [0.2, 0.25) is 0 Å². The van der Waals surface area contributed by atoms with Gasteiger partial charge < -0.3 is 4.90 Å². The van der Waals surface area contributed by atoms with Gasteiger partial charge in [0, 0.05) is 25.5 Å². The number of anilines is 1. The Kier molecular flexibility index (Phi) is 4.22. The van der Waals surface area contributed by atoms with Gasteiger partial charge in [0.15, 0.2) is 5.82 Å². The zero-order valence-electron chi connectivity index (χ0n) is 14.5. The van der Waals surface area contributed by atoms with E-state index >= 15 is 0 Å². The van der Waals surface area contributed by atoms with E-state index < -0.39 is 0 Å². The van der Waals surface area contributed by atoms with Gasteiger partial charge in [0.2, 0.25) is 0 Å². The molecule has 5 heteroatoms. The van der Waals surface area contributed by atoms with E-state index in [9.17, 15) is 0 Å². The summed E-state index contributed by atoms with van der Waals surface area (Å²) >= 11 is 0. The smallest absolute Gasteiger partial charge is 0.173 e.